The highest BCUT2D eigenvalue weighted by atomic mass is 19.2. The van der Waals surface area contributed by atoms with Gasteiger partial charge in [-0.25, -0.2) is 17.6 Å². The summed E-state index contributed by atoms with van der Waals surface area (Å²) in [4.78, 5) is 13.3. The van der Waals surface area contributed by atoms with Crippen LogP contribution >= 0.6 is 0 Å². The first-order valence-electron chi connectivity index (χ1n) is 4.58. The van der Waals surface area contributed by atoms with Gasteiger partial charge < -0.3 is 5.32 Å². The molecule has 0 spiro atoms. The molecule has 0 fully saturated rings. The van der Waals surface area contributed by atoms with E-state index in [9.17, 15) is 22.4 Å². The van der Waals surface area contributed by atoms with Gasteiger partial charge in [0.15, 0.2) is 23.3 Å². The van der Waals surface area contributed by atoms with Crippen molar-refractivity contribution < 1.29 is 22.4 Å². The van der Waals surface area contributed by atoms with Gasteiger partial charge in [0.05, 0.1) is 6.54 Å². The molecule has 1 N–H and O–H groups in total. The Morgan fingerprint density at radius 3 is 2.21 bits per heavy atom. The van der Waals surface area contributed by atoms with Gasteiger partial charge >= 0.3 is 0 Å². The molecule has 0 radical (unpaired) electrons. The van der Waals surface area contributed by atoms with E-state index in [-0.39, 0.29) is 6.54 Å². The van der Waals surface area contributed by atoms with Crippen molar-refractivity contribution in [2.75, 3.05) is 6.54 Å². The zero-order chi connectivity index (χ0) is 14.6. The van der Waals surface area contributed by atoms with Gasteiger partial charge in [-0.15, -0.1) is 6.42 Å². The van der Waals surface area contributed by atoms with Crippen LogP contribution < -0.4 is 5.32 Å². The van der Waals surface area contributed by atoms with Crippen molar-refractivity contribution in [2.45, 2.75) is 0 Å². The fourth-order valence-electron chi connectivity index (χ4n) is 1.17. The number of benzene rings is 1. The number of nitrogens with zero attached hydrogens (tertiary/aromatic N) is 3. The van der Waals surface area contributed by atoms with Crippen molar-refractivity contribution in [1.29, 1.82) is 0 Å². The van der Waals surface area contributed by atoms with Crippen molar-refractivity contribution in [2.24, 2.45) is 5.11 Å². The third-order valence-electron chi connectivity index (χ3n) is 1.96. The molecular formula is C10H4F4N4O. The Bertz CT molecular complexity index is 602. The molecule has 0 saturated heterocycles. The van der Waals surface area contributed by atoms with Gasteiger partial charge in [-0.3, -0.25) is 4.79 Å². The molecule has 1 amide bonds. The minimum absolute atomic E-state index is 0.390. The first kappa shape index (κ1) is 14.3. The Kier molecular flexibility index (Phi) is 4.34. The normalized spacial score (nSPS) is 9.42. The molecule has 0 aromatic heterocycles. The summed E-state index contributed by atoms with van der Waals surface area (Å²) in [5.41, 5.74) is 5.05. The number of rotatable bonds is 3. The molecule has 0 aliphatic heterocycles. The molecule has 0 aliphatic rings. The summed E-state index contributed by atoms with van der Waals surface area (Å²) in [5, 5.41) is 4.32. The fourth-order valence-corrected chi connectivity index (χ4v) is 1.17. The quantitative estimate of drug-likeness (QED) is 0.225. The van der Waals surface area contributed by atoms with E-state index in [1.807, 2.05) is 16.1 Å². The molecule has 19 heavy (non-hydrogen) atoms. The van der Waals surface area contributed by atoms with Crippen molar-refractivity contribution >= 4 is 11.6 Å². The summed E-state index contributed by atoms with van der Waals surface area (Å²) < 4.78 is 53.5. The topological polar surface area (TPSA) is 77.9 Å². The van der Waals surface area contributed by atoms with E-state index in [1.54, 1.807) is 0 Å². The van der Waals surface area contributed by atoms with Crippen LogP contribution in [0, 0.1) is 35.6 Å². The summed E-state index contributed by atoms with van der Waals surface area (Å²) in [7, 11) is 0. The van der Waals surface area contributed by atoms with Crippen molar-refractivity contribution in [3.8, 4) is 12.3 Å². The molecule has 1 rings (SSSR count). The van der Waals surface area contributed by atoms with E-state index >= 15 is 0 Å². The largest absolute Gasteiger partial charge is 0.341 e. The number of hydrogen-bond donors (Lipinski definition) is 1. The first-order valence-corrected chi connectivity index (χ1v) is 4.58. The van der Waals surface area contributed by atoms with Gasteiger partial charge in [-0.05, 0) is 5.53 Å². The van der Waals surface area contributed by atoms with Crippen LogP contribution in [0.2, 0.25) is 0 Å². The number of amides is 1. The summed E-state index contributed by atoms with van der Waals surface area (Å²) in [6.07, 6.45) is 4.80. The summed E-state index contributed by atoms with van der Waals surface area (Å²) >= 11 is 0. The lowest BCUT2D eigenvalue weighted by molar-refractivity contribution is 0.0948. The molecule has 1 aromatic carbocycles. The van der Waals surface area contributed by atoms with E-state index < -0.39 is 40.4 Å². The van der Waals surface area contributed by atoms with Crippen LogP contribution in [0.5, 0.6) is 0 Å². The smallest absolute Gasteiger partial charge is 0.258 e. The second kappa shape index (κ2) is 5.75. The standard InChI is InChI=1S/C10H4F4N4O/c1-2-3-16-10(19)4-5(11)7(13)9(17-18-15)8(14)6(4)12/h1H,3H2,(H,16,19). The van der Waals surface area contributed by atoms with E-state index in [0.717, 1.165) is 0 Å². The minimum Gasteiger partial charge on any atom is -0.341 e. The maximum atomic E-state index is 13.4. The Balaban J connectivity index is 3.48. The van der Waals surface area contributed by atoms with Crippen molar-refractivity contribution in [1.82, 2.24) is 5.32 Å². The van der Waals surface area contributed by atoms with Gasteiger partial charge in [0.2, 0.25) is 0 Å². The number of halogens is 4. The molecule has 1 aromatic rings. The highest BCUT2D eigenvalue weighted by Gasteiger charge is 2.28. The Morgan fingerprint density at radius 1 is 1.26 bits per heavy atom. The van der Waals surface area contributed by atoms with Crippen LogP contribution in [0.3, 0.4) is 0 Å². The number of azide groups is 1. The van der Waals surface area contributed by atoms with Gasteiger partial charge in [0, 0.05) is 4.91 Å². The summed E-state index contributed by atoms with van der Waals surface area (Å²) in [5.74, 6) is -7.39. The lowest BCUT2D eigenvalue weighted by atomic mass is 10.1. The van der Waals surface area contributed by atoms with Gasteiger partial charge in [-0.2, -0.15) is 0 Å². The summed E-state index contributed by atoms with van der Waals surface area (Å²) in [6, 6.07) is 0. The Labute approximate surface area is 103 Å². The van der Waals surface area contributed by atoms with Gasteiger partial charge in [-0.1, -0.05) is 11.0 Å². The van der Waals surface area contributed by atoms with Gasteiger partial charge in [0.1, 0.15) is 11.3 Å². The number of nitrogens with one attached hydrogen (secondary N) is 1. The maximum Gasteiger partial charge on any atom is 0.258 e. The Hall–Kier alpha value is -2.72. The number of hydrogen-bond acceptors (Lipinski definition) is 2. The molecule has 9 heteroatoms. The lowest BCUT2D eigenvalue weighted by Crippen LogP contribution is -2.26. The van der Waals surface area contributed by atoms with E-state index in [2.05, 4.69) is 5.11 Å². The van der Waals surface area contributed by atoms with E-state index in [0.29, 0.717) is 0 Å². The third kappa shape index (κ3) is 2.59. The molecular weight excluding hydrogens is 268 g/mol. The first-order chi connectivity index (χ1) is 8.95. The van der Waals surface area contributed by atoms with E-state index in [1.165, 1.54) is 0 Å². The minimum atomic E-state index is -1.98. The average Bonchev–Trinajstić information content (AvgIpc) is 2.39. The number of carbonyl (C=O) groups excluding carboxylic acids is 1. The molecule has 98 valence electrons. The maximum absolute atomic E-state index is 13.4. The number of carbonyl (C=O) groups is 1. The average molecular weight is 272 g/mol. The Morgan fingerprint density at radius 2 is 1.79 bits per heavy atom. The zero-order valence-electron chi connectivity index (χ0n) is 9.05. The van der Waals surface area contributed by atoms with Crippen LogP contribution in [-0.4, -0.2) is 12.5 Å². The molecule has 0 saturated carbocycles. The highest BCUT2D eigenvalue weighted by Crippen LogP contribution is 2.30. The van der Waals surface area contributed by atoms with Crippen LogP contribution in [0.15, 0.2) is 5.11 Å². The predicted molar refractivity (Wildman–Crippen MR) is 56.2 cm³/mol. The predicted octanol–water partition coefficient (Wildman–Crippen LogP) is 2.55. The molecule has 0 heterocycles. The third-order valence-corrected chi connectivity index (χ3v) is 1.96. The fraction of sp³-hybridized carbons (Fsp3) is 0.100. The molecule has 0 bridgehead atoms. The van der Waals surface area contributed by atoms with Crippen LogP contribution in [0.1, 0.15) is 10.4 Å². The molecule has 5 nitrogen and oxygen atoms in total. The highest BCUT2D eigenvalue weighted by molar-refractivity contribution is 5.95. The van der Waals surface area contributed by atoms with Crippen LogP contribution in [0.4, 0.5) is 23.2 Å². The zero-order valence-corrected chi connectivity index (χ0v) is 9.05. The number of terminal acetylenes is 1. The molecule has 0 atom stereocenters. The van der Waals surface area contributed by atoms with Crippen LogP contribution in [0.25, 0.3) is 10.4 Å². The second-order valence-corrected chi connectivity index (χ2v) is 3.06. The van der Waals surface area contributed by atoms with Crippen LogP contribution in [-0.2, 0) is 0 Å². The molecule has 0 aliphatic carbocycles. The monoisotopic (exact) mass is 272 g/mol. The second-order valence-electron chi connectivity index (χ2n) is 3.06. The van der Waals surface area contributed by atoms with Crippen molar-refractivity contribution in [3.05, 3.63) is 39.3 Å². The van der Waals surface area contributed by atoms with E-state index in [4.69, 9.17) is 12.0 Å². The lowest BCUT2D eigenvalue weighted by Gasteiger charge is -2.08. The van der Waals surface area contributed by atoms with Crippen molar-refractivity contribution in [3.63, 3.8) is 0 Å². The van der Waals surface area contributed by atoms with Gasteiger partial charge in [0.25, 0.3) is 5.91 Å². The molecule has 0 unspecified atom stereocenters. The SMILES string of the molecule is C#CCNC(=O)c1c(F)c(F)c(N=[N+]=[N-])c(F)c1F. The summed E-state index contributed by atoms with van der Waals surface area (Å²) in [6.45, 7) is -0.390.